The number of carbonyl (C=O) groups is 3. The highest BCUT2D eigenvalue weighted by molar-refractivity contribution is 6.05. The van der Waals surface area contributed by atoms with Crippen LogP contribution in [-0.4, -0.2) is 81.2 Å². The molecular formula is C43H48N6O4. The van der Waals surface area contributed by atoms with Crippen molar-refractivity contribution in [3.05, 3.63) is 113 Å². The van der Waals surface area contributed by atoms with Gasteiger partial charge in [-0.15, -0.1) is 0 Å². The third kappa shape index (κ3) is 6.62. The van der Waals surface area contributed by atoms with Gasteiger partial charge in [-0.05, 0) is 115 Å². The number of imide groups is 1. The predicted molar refractivity (Wildman–Crippen MR) is 202 cm³/mol. The van der Waals surface area contributed by atoms with Gasteiger partial charge in [0.2, 0.25) is 11.8 Å². The summed E-state index contributed by atoms with van der Waals surface area (Å²) in [5, 5.41) is 17.6. The number of hydrogen-bond acceptors (Lipinski definition) is 7. The molecule has 1 aromatic heterocycles. The van der Waals surface area contributed by atoms with Crippen molar-refractivity contribution in [2.75, 3.05) is 37.6 Å². The molecule has 3 aromatic carbocycles. The summed E-state index contributed by atoms with van der Waals surface area (Å²) in [6.45, 7) is 5.70. The van der Waals surface area contributed by atoms with Crippen molar-refractivity contribution < 1.29 is 19.5 Å². The number of rotatable bonds is 7. The first-order chi connectivity index (χ1) is 25.9. The standard InChI is InChI=1S/C43H48N6O4/c50-35-8-11-37-30(23-35)6-9-36(29-4-2-1-3-5-29)41(37)32-24-44-49(27-32)33-16-18-46(19-17-33)25-28-14-20-47(21-15-28)34-7-10-38-31(22-34)26-48(43(38)53)39-12-13-40(51)45-42(39)52/h1-5,7-8,10-11,22-24,27-28,33,36,39,41,50H,6,9,12-21,25-26H2,(H,45,51,52)/t36-,39-,41+/m1/s1. The summed E-state index contributed by atoms with van der Waals surface area (Å²) in [5.41, 5.74) is 7.96. The van der Waals surface area contributed by atoms with Crippen molar-refractivity contribution in [1.82, 2.24) is 24.9 Å². The SMILES string of the molecule is O=C1CC[C@@H](N2Cc3cc(N4CCC(CN5CCC(n6cc([C@@H]7c8ccc(O)cc8CC[C@@H]7c7ccccc7)cn6)CC5)CC4)ccc3C2=O)C(=O)N1. The van der Waals surface area contributed by atoms with E-state index < -0.39 is 6.04 Å². The van der Waals surface area contributed by atoms with Gasteiger partial charge in [0.05, 0.1) is 12.2 Å². The molecule has 0 bridgehead atoms. The Morgan fingerprint density at radius 2 is 1.60 bits per heavy atom. The van der Waals surface area contributed by atoms with Crippen LogP contribution in [0.25, 0.3) is 0 Å². The number of aromatic hydroxyl groups is 1. The van der Waals surface area contributed by atoms with Crippen LogP contribution in [0.2, 0.25) is 0 Å². The van der Waals surface area contributed by atoms with Gasteiger partial charge in [0, 0.05) is 69.1 Å². The van der Waals surface area contributed by atoms with Crippen molar-refractivity contribution in [2.45, 2.75) is 81.8 Å². The van der Waals surface area contributed by atoms with Crippen LogP contribution in [0.1, 0.15) is 101 Å². The first kappa shape index (κ1) is 33.8. The van der Waals surface area contributed by atoms with Gasteiger partial charge >= 0.3 is 0 Å². The molecule has 2 N–H and O–H groups in total. The fraction of sp³-hybridized carbons (Fsp3) is 0.442. The van der Waals surface area contributed by atoms with E-state index in [1.165, 1.54) is 22.3 Å². The zero-order valence-corrected chi connectivity index (χ0v) is 30.2. The van der Waals surface area contributed by atoms with Gasteiger partial charge < -0.3 is 19.8 Å². The minimum Gasteiger partial charge on any atom is -0.508 e. The Balaban J connectivity index is 0.788. The minimum absolute atomic E-state index is 0.120. The average molecular weight is 713 g/mol. The maximum atomic E-state index is 13.2. The summed E-state index contributed by atoms with van der Waals surface area (Å²) < 4.78 is 2.23. The second kappa shape index (κ2) is 14.1. The van der Waals surface area contributed by atoms with Gasteiger partial charge in [-0.25, -0.2) is 0 Å². The van der Waals surface area contributed by atoms with Gasteiger partial charge in [0.1, 0.15) is 11.8 Å². The Morgan fingerprint density at radius 1 is 0.792 bits per heavy atom. The zero-order valence-electron chi connectivity index (χ0n) is 30.2. The highest BCUT2D eigenvalue weighted by Gasteiger charge is 2.39. The molecule has 10 nitrogen and oxygen atoms in total. The lowest BCUT2D eigenvalue weighted by atomic mass is 9.70. The number of aromatic nitrogens is 2. The normalized spacial score (nSPS) is 24.3. The number of anilines is 1. The summed E-state index contributed by atoms with van der Waals surface area (Å²) in [5.74, 6) is 0.842. The number of hydrogen-bond donors (Lipinski definition) is 2. The Morgan fingerprint density at radius 3 is 2.40 bits per heavy atom. The van der Waals surface area contributed by atoms with E-state index in [9.17, 15) is 19.5 Å². The van der Waals surface area contributed by atoms with Crippen LogP contribution in [0.15, 0.2) is 79.1 Å². The van der Waals surface area contributed by atoms with Crippen molar-refractivity contribution in [3.63, 3.8) is 0 Å². The molecule has 9 rings (SSSR count). The van der Waals surface area contributed by atoms with Crippen molar-refractivity contribution in [1.29, 1.82) is 0 Å². The maximum absolute atomic E-state index is 13.2. The fourth-order valence-electron chi connectivity index (χ4n) is 9.85. The lowest BCUT2D eigenvalue weighted by Gasteiger charge is -2.38. The van der Waals surface area contributed by atoms with Gasteiger partial charge in [-0.2, -0.15) is 5.10 Å². The van der Waals surface area contributed by atoms with Crippen LogP contribution in [0.4, 0.5) is 5.69 Å². The number of piperidine rings is 3. The molecule has 0 radical (unpaired) electrons. The van der Waals surface area contributed by atoms with E-state index >= 15 is 0 Å². The second-order valence-electron chi connectivity index (χ2n) is 15.9. The van der Waals surface area contributed by atoms with Crippen molar-refractivity contribution >= 4 is 23.4 Å². The molecule has 0 spiro atoms. The molecule has 5 aliphatic rings. The molecule has 4 aromatic rings. The molecule has 0 unspecified atom stereocenters. The Bertz CT molecular complexity index is 2010. The zero-order chi connectivity index (χ0) is 36.1. The van der Waals surface area contributed by atoms with Gasteiger partial charge in [0.15, 0.2) is 0 Å². The van der Waals surface area contributed by atoms with Gasteiger partial charge in [-0.3, -0.25) is 24.4 Å². The Kier molecular flexibility index (Phi) is 9.02. The summed E-state index contributed by atoms with van der Waals surface area (Å²) in [7, 11) is 0. The molecule has 3 atom stereocenters. The molecule has 3 fully saturated rings. The third-order valence-corrected chi connectivity index (χ3v) is 12.7. The largest absolute Gasteiger partial charge is 0.508 e. The fourth-order valence-corrected chi connectivity index (χ4v) is 9.85. The van der Waals surface area contributed by atoms with E-state index in [2.05, 4.69) is 80.7 Å². The summed E-state index contributed by atoms with van der Waals surface area (Å²) >= 11 is 0. The smallest absolute Gasteiger partial charge is 0.255 e. The number of aryl methyl sites for hydroxylation is 1. The van der Waals surface area contributed by atoms with Crippen LogP contribution >= 0.6 is 0 Å². The molecule has 3 amide bonds. The summed E-state index contributed by atoms with van der Waals surface area (Å²) in [6.07, 6.45) is 11.5. The molecule has 274 valence electrons. The number of nitrogens with zero attached hydrogens (tertiary/aromatic N) is 5. The van der Waals surface area contributed by atoms with Crippen molar-refractivity contribution in [3.8, 4) is 5.75 Å². The highest BCUT2D eigenvalue weighted by atomic mass is 16.3. The average Bonchev–Trinajstić information content (AvgIpc) is 3.80. The number of likely N-dealkylation sites (tertiary alicyclic amines) is 1. The van der Waals surface area contributed by atoms with Crippen LogP contribution in [0.3, 0.4) is 0 Å². The van der Waals surface area contributed by atoms with E-state index in [1.54, 1.807) is 4.90 Å². The van der Waals surface area contributed by atoms with Crippen LogP contribution < -0.4 is 10.2 Å². The first-order valence-corrected chi connectivity index (χ1v) is 19.5. The summed E-state index contributed by atoms with van der Waals surface area (Å²) in [4.78, 5) is 44.0. The third-order valence-electron chi connectivity index (χ3n) is 12.7. The number of benzene rings is 3. The van der Waals surface area contributed by atoms with Gasteiger partial charge in [-0.1, -0.05) is 36.4 Å². The topological polar surface area (TPSA) is 111 Å². The highest BCUT2D eigenvalue weighted by Crippen LogP contribution is 2.47. The Labute approximate surface area is 310 Å². The molecule has 1 aliphatic carbocycles. The number of nitrogens with one attached hydrogen (secondary N) is 1. The summed E-state index contributed by atoms with van der Waals surface area (Å²) in [6, 6.07) is 22.7. The van der Waals surface area contributed by atoms with E-state index in [0.717, 1.165) is 82.5 Å². The molecule has 4 aliphatic heterocycles. The molecule has 3 saturated heterocycles. The molecule has 10 heteroatoms. The molecular weight excluding hydrogens is 665 g/mol. The lowest BCUT2D eigenvalue weighted by Crippen LogP contribution is -2.52. The number of fused-ring (bicyclic) bond motifs is 2. The van der Waals surface area contributed by atoms with Crippen molar-refractivity contribution in [2.24, 2.45) is 5.92 Å². The first-order valence-electron chi connectivity index (χ1n) is 19.5. The van der Waals surface area contributed by atoms with E-state index in [-0.39, 0.29) is 30.1 Å². The van der Waals surface area contributed by atoms with Crippen LogP contribution in [0.5, 0.6) is 5.75 Å². The second-order valence-corrected chi connectivity index (χ2v) is 15.9. The lowest BCUT2D eigenvalue weighted by molar-refractivity contribution is -0.136. The molecule has 0 saturated carbocycles. The molecule has 5 heterocycles. The minimum atomic E-state index is -0.585. The number of amides is 3. The van der Waals surface area contributed by atoms with Crippen LogP contribution in [-0.2, 0) is 22.6 Å². The quantitative estimate of drug-likeness (QED) is 0.235. The van der Waals surface area contributed by atoms with Gasteiger partial charge in [0.25, 0.3) is 5.91 Å². The monoisotopic (exact) mass is 712 g/mol. The van der Waals surface area contributed by atoms with E-state index in [0.29, 0.717) is 42.2 Å². The molecule has 53 heavy (non-hydrogen) atoms. The Hall–Kier alpha value is -4.96. The van der Waals surface area contributed by atoms with E-state index in [1.807, 2.05) is 18.2 Å². The van der Waals surface area contributed by atoms with E-state index in [4.69, 9.17) is 5.10 Å². The van der Waals surface area contributed by atoms with Crippen LogP contribution in [0, 0.1) is 5.92 Å². The number of phenolic OH excluding ortho intramolecular Hbond substituents is 1. The number of carbonyl (C=O) groups excluding carboxylic acids is 3. The maximum Gasteiger partial charge on any atom is 0.255 e. The number of phenols is 1. The predicted octanol–water partition coefficient (Wildman–Crippen LogP) is 5.77.